The van der Waals surface area contributed by atoms with Gasteiger partial charge in [0.15, 0.2) is 0 Å². The van der Waals surface area contributed by atoms with Crippen molar-refractivity contribution in [1.82, 2.24) is 4.31 Å². The minimum Gasteiger partial charge on any atom is -0.207 e. The molecule has 1 aliphatic heterocycles. The highest BCUT2D eigenvalue weighted by atomic mass is 35.5. The van der Waals surface area contributed by atoms with Gasteiger partial charge in [0.05, 0.1) is 4.90 Å². The molecule has 0 aromatic heterocycles. The third-order valence-corrected chi connectivity index (χ3v) is 6.49. The number of halogens is 1. The van der Waals surface area contributed by atoms with E-state index in [1.165, 1.54) is 12.8 Å². The molecule has 1 aliphatic carbocycles. The molecular weight excluding hydrogens is 282 g/mol. The molecule has 1 atom stereocenters. The summed E-state index contributed by atoms with van der Waals surface area (Å²) >= 11 is 6.05. The molecule has 1 unspecified atom stereocenters. The number of sulfonamides is 1. The normalized spacial score (nSPS) is 24.8. The fourth-order valence-electron chi connectivity index (χ4n) is 2.89. The minimum atomic E-state index is -3.38. The molecule has 0 radical (unpaired) electrons. The number of benzene rings is 1. The van der Waals surface area contributed by atoms with Crippen molar-refractivity contribution in [3.8, 4) is 0 Å². The molecule has 3 rings (SSSR count). The molecule has 19 heavy (non-hydrogen) atoms. The van der Waals surface area contributed by atoms with E-state index in [9.17, 15) is 8.42 Å². The predicted octanol–water partition coefficient (Wildman–Crippen LogP) is 3.21. The van der Waals surface area contributed by atoms with Crippen LogP contribution in [0.15, 0.2) is 23.1 Å². The van der Waals surface area contributed by atoms with Crippen LogP contribution in [-0.4, -0.2) is 25.3 Å². The summed E-state index contributed by atoms with van der Waals surface area (Å²) in [4.78, 5) is 0.329. The lowest BCUT2D eigenvalue weighted by molar-refractivity contribution is 0.356. The second-order valence-corrected chi connectivity index (χ2v) is 7.87. The van der Waals surface area contributed by atoms with E-state index in [2.05, 4.69) is 0 Å². The van der Waals surface area contributed by atoms with Gasteiger partial charge in [0.25, 0.3) is 0 Å². The summed E-state index contributed by atoms with van der Waals surface area (Å²) in [6.07, 6.45) is 4.32. The Morgan fingerprint density at radius 1 is 1.26 bits per heavy atom. The van der Waals surface area contributed by atoms with E-state index in [-0.39, 0.29) is 6.04 Å². The second kappa shape index (κ2) is 4.76. The van der Waals surface area contributed by atoms with Crippen LogP contribution < -0.4 is 0 Å². The van der Waals surface area contributed by atoms with Gasteiger partial charge in [-0.05, 0) is 56.2 Å². The van der Waals surface area contributed by atoms with Gasteiger partial charge in [-0.1, -0.05) is 17.7 Å². The molecular formula is C14H18ClNO2S. The number of aryl methyl sites for hydroxylation is 1. The quantitative estimate of drug-likeness (QED) is 0.859. The molecule has 1 heterocycles. The molecule has 2 fully saturated rings. The first-order valence-corrected chi connectivity index (χ1v) is 8.60. The zero-order chi connectivity index (χ0) is 13.6. The van der Waals surface area contributed by atoms with E-state index in [0.717, 1.165) is 18.4 Å². The highest BCUT2D eigenvalue weighted by molar-refractivity contribution is 7.89. The van der Waals surface area contributed by atoms with Crippen molar-refractivity contribution in [2.75, 3.05) is 6.54 Å². The summed E-state index contributed by atoms with van der Waals surface area (Å²) in [7, 11) is -3.38. The summed E-state index contributed by atoms with van der Waals surface area (Å²) in [6.45, 7) is 2.52. The fourth-order valence-corrected chi connectivity index (χ4v) is 4.91. The van der Waals surface area contributed by atoms with Crippen molar-refractivity contribution in [1.29, 1.82) is 0 Å². The van der Waals surface area contributed by atoms with Crippen molar-refractivity contribution in [3.63, 3.8) is 0 Å². The topological polar surface area (TPSA) is 37.4 Å². The van der Waals surface area contributed by atoms with Crippen LogP contribution in [0.25, 0.3) is 0 Å². The smallest absolute Gasteiger partial charge is 0.207 e. The summed E-state index contributed by atoms with van der Waals surface area (Å²) in [6, 6.07) is 5.23. The molecule has 5 heteroatoms. The Morgan fingerprint density at radius 2 is 2.00 bits per heavy atom. The molecule has 3 nitrogen and oxygen atoms in total. The van der Waals surface area contributed by atoms with Gasteiger partial charge < -0.3 is 0 Å². The molecule has 0 amide bonds. The van der Waals surface area contributed by atoms with Crippen molar-refractivity contribution in [2.24, 2.45) is 5.92 Å². The maximum atomic E-state index is 12.7. The van der Waals surface area contributed by atoms with Crippen molar-refractivity contribution in [2.45, 2.75) is 43.5 Å². The van der Waals surface area contributed by atoms with Crippen LogP contribution >= 0.6 is 11.6 Å². The Morgan fingerprint density at radius 3 is 2.63 bits per heavy atom. The molecule has 1 saturated heterocycles. The average Bonchev–Trinajstić information content (AvgIpc) is 3.09. The maximum Gasteiger partial charge on any atom is 0.243 e. The number of hydrogen-bond acceptors (Lipinski definition) is 2. The van der Waals surface area contributed by atoms with Crippen LogP contribution in [0.2, 0.25) is 5.02 Å². The zero-order valence-electron chi connectivity index (χ0n) is 11.0. The summed E-state index contributed by atoms with van der Waals surface area (Å²) in [5.41, 5.74) is 0.904. The molecule has 0 bridgehead atoms. The van der Waals surface area contributed by atoms with Gasteiger partial charge in [-0.2, -0.15) is 4.31 Å². The van der Waals surface area contributed by atoms with Gasteiger partial charge in [0.1, 0.15) is 0 Å². The monoisotopic (exact) mass is 299 g/mol. The minimum absolute atomic E-state index is 0.213. The van der Waals surface area contributed by atoms with Crippen molar-refractivity contribution in [3.05, 3.63) is 28.8 Å². The van der Waals surface area contributed by atoms with E-state index in [0.29, 0.717) is 22.4 Å². The Kier molecular flexibility index (Phi) is 3.36. The first kappa shape index (κ1) is 13.4. The molecule has 0 spiro atoms. The van der Waals surface area contributed by atoms with Gasteiger partial charge >= 0.3 is 0 Å². The first-order chi connectivity index (χ1) is 9.00. The Balaban J connectivity index is 1.94. The van der Waals surface area contributed by atoms with Crippen molar-refractivity contribution < 1.29 is 8.42 Å². The lowest BCUT2D eigenvalue weighted by Crippen LogP contribution is -2.36. The first-order valence-electron chi connectivity index (χ1n) is 6.78. The van der Waals surface area contributed by atoms with Gasteiger partial charge in [-0.3, -0.25) is 0 Å². The van der Waals surface area contributed by atoms with Crippen LogP contribution in [0.1, 0.15) is 31.2 Å². The van der Waals surface area contributed by atoms with Crippen molar-refractivity contribution >= 4 is 21.6 Å². The Hall–Kier alpha value is -0.580. The highest BCUT2D eigenvalue weighted by Crippen LogP contribution is 2.42. The van der Waals surface area contributed by atoms with Crippen LogP contribution in [0, 0.1) is 12.8 Å². The van der Waals surface area contributed by atoms with Gasteiger partial charge in [-0.25, -0.2) is 8.42 Å². The van der Waals surface area contributed by atoms with E-state index in [1.807, 2.05) is 6.92 Å². The molecule has 1 aromatic rings. The Bertz CT molecular complexity index is 595. The second-order valence-electron chi connectivity index (χ2n) is 5.57. The molecule has 1 saturated carbocycles. The highest BCUT2D eigenvalue weighted by Gasteiger charge is 2.43. The maximum absolute atomic E-state index is 12.7. The van der Waals surface area contributed by atoms with Crippen LogP contribution in [0.3, 0.4) is 0 Å². The van der Waals surface area contributed by atoms with Gasteiger partial charge in [0.2, 0.25) is 10.0 Å². The molecule has 104 valence electrons. The summed E-state index contributed by atoms with van der Waals surface area (Å²) in [5.74, 6) is 0.582. The van der Waals surface area contributed by atoms with E-state index >= 15 is 0 Å². The molecule has 1 aromatic carbocycles. The third-order valence-electron chi connectivity index (χ3n) is 4.16. The number of hydrogen-bond donors (Lipinski definition) is 0. The molecule has 2 aliphatic rings. The lowest BCUT2D eigenvalue weighted by Gasteiger charge is -2.24. The van der Waals surface area contributed by atoms with Crippen LogP contribution in [0.4, 0.5) is 0 Å². The SMILES string of the molecule is Cc1ccc(S(=O)(=O)N2CCCC2C2CC2)cc1Cl. The average molecular weight is 300 g/mol. The van der Waals surface area contributed by atoms with E-state index < -0.39 is 10.0 Å². The fraction of sp³-hybridized carbons (Fsp3) is 0.571. The number of rotatable bonds is 3. The summed E-state index contributed by atoms with van der Waals surface area (Å²) < 4.78 is 27.1. The van der Waals surface area contributed by atoms with Gasteiger partial charge in [0, 0.05) is 17.6 Å². The largest absolute Gasteiger partial charge is 0.243 e. The predicted molar refractivity (Wildman–Crippen MR) is 75.8 cm³/mol. The Labute approximate surface area is 119 Å². The van der Waals surface area contributed by atoms with Gasteiger partial charge in [-0.15, -0.1) is 0 Å². The van der Waals surface area contributed by atoms with Crippen LogP contribution in [0.5, 0.6) is 0 Å². The number of nitrogens with zero attached hydrogens (tertiary/aromatic N) is 1. The summed E-state index contributed by atoms with van der Waals surface area (Å²) in [5, 5.41) is 0.517. The van der Waals surface area contributed by atoms with E-state index in [1.54, 1.807) is 22.5 Å². The van der Waals surface area contributed by atoms with Crippen LogP contribution in [-0.2, 0) is 10.0 Å². The third kappa shape index (κ3) is 2.41. The molecule has 0 N–H and O–H groups in total. The van der Waals surface area contributed by atoms with E-state index in [4.69, 9.17) is 11.6 Å². The zero-order valence-corrected chi connectivity index (χ0v) is 12.5. The lowest BCUT2D eigenvalue weighted by atomic mass is 10.1. The standard InChI is InChI=1S/C14H18ClNO2S/c1-10-4-7-12(9-13(10)15)19(17,18)16-8-2-3-14(16)11-5-6-11/h4,7,9,11,14H,2-3,5-6,8H2,1H3.